The topological polar surface area (TPSA) is 125 Å². The highest BCUT2D eigenvalue weighted by molar-refractivity contribution is 7.89. The largest absolute Gasteiger partial charge is 0.497 e. The summed E-state index contributed by atoms with van der Waals surface area (Å²) < 4.78 is 39.5. The third-order valence-electron chi connectivity index (χ3n) is 7.10. The van der Waals surface area contributed by atoms with Crippen molar-refractivity contribution in [3.05, 3.63) is 48.0 Å². The van der Waals surface area contributed by atoms with Gasteiger partial charge in [0.05, 0.1) is 42.4 Å². The number of fused-ring (bicyclic) bond motifs is 1. The number of sulfonamides is 1. The molecule has 0 aromatic heterocycles. The SMILES string of the molecule is COc1ccc(S(=O)(=O)N(C)C[C@@H]2Oc3c(NC(=O)C4CC4)cccc3C(=O)N([C@H](C)CO)C[C@@H]2C)cc1. The number of nitrogens with zero attached hydrogens (tertiary/aromatic N) is 2. The van der Waals surface area contributed by atoms with Crippen molar-refractivity contribution in [2.75, 3.05) is 39.2 Å². The van der Waals surface area contributed by atoms with Crippen molar-refractivity contribution < 1.29 is 32.6 Å². The number of carbonyl (C=O) groups is 2. The molecular formula is C27H35N3O7S. The molecule has 0 unspecified atom stereocenters. The zero-order valence-corrected chi connectivity index (χ0v) is 22.9. The number of anilines is 1. The lowest BCUT2D eigenvalue weighted by Gasteiger charge is -2.38. The average molecular weight is 546 g/mol. The zero-order chi connectivity index (χ0) is 27.6. The van der Waals surface area contributed by atoms with Gasteiger partial charge in [0.1, 0.15) is 11.9 Å². The molecule has 1 fully saturated rings. The maximum Gasteiger partial charge on any atom is 0.258 e. The summed E-state index contributed by atoms with van der Waals surface area (Å²) in [6.07, 6.45) is 0.971. The van der Waals surface area contributed by atoms with Crippen LogP contribution < -0.4 is 14.8 Å². The van der Waals surface area contributed by atoms with Crippen LogP contribution in [0, 0.1) is 11.8 Å². The van der Waals surface area contributed by atoms with E-state index in [1.807, 2.05) is 6.92 Å². The quantitative estimate of drug-likeness (QED) is 0.496. The van der Waals surface area contributed by atoms with Gasteiger partial charge in [-0.05, 0) is 56.2 Å². The lowest BCUT2D eigenvalue weighted by Crippen LogP contribution is -2.50. The first-order chi connectivity index (χ1) is 18.1. The van der Waals surface area contributed by atoms with Crippen LogP contribution in [0.4, 0.5) is 5.69 Å². The van der Waals surface area contributed by atoms with Gasteiger partial charge in [0, 0.05) is 25.4 Å². The number of ether oxygens (including phenoxy) is 2. The Balaban J connectivity index is 1.68. The molecule has 1 aliphatic carbocycles. The first-order valence-corrected chi connectivity index (χ1v) is 14.1. The Labute approximate surface area is 223 Å². The van der Waals surface area contributed by atoms with Crippen molar-refractivity contribution in [1.82, 2.24) is 9.21 Å². The molecule has 1 heterocycles. The number of aliphatic hydroxyl groups excluding tert-OH is 1. The highest BCUT2D eigenvalue weighted by Crippen LogP contribution is 2.37. The second-order valence-electron chi connectivity index (χ2n) is 10.0. The number of para-hydroxylation sites is 1. The van der Waals surface area contributed by atoms with Gasteiger partial charge in [0.15, 0.2) is 5.75 Å². The average Bonchev–Trinajstić information content (AvgIpc) is 3.76. The van der Waals surface area contributed by atoms with E-state index >= 15 is 0 Å². The number of likely N-dealkylation sites (N-methyl/N-ethyl adjacent to an activating group) is 1. The summed E-state index contributed by atoms with van der Waals surface area (Å²) in [6, 6.07) is 10.6. The summed E-state index contributed by atoms with van der Waals surface area (Å²) in [5, 5.41) is 12.7. The van der Waals surface area contributed by atoms with Crippen LogP contribution in [0.2, 0.25) is 0 Å². The maximum absolute atomic E-state index is 13.6. The van der Waals surface area contributed by atoms with E-state index in [0.717, 1.165) is 12.8 Å². The number of hydrogen-bond donors (Lipinski definition) is 2. The van der Waals surface area contributed by atoms with E-state index < -0.39 is 22.2 Å². The molecule has 0 bridgehead atoms. The summed E-state index contributed by atoms with van der Waals surface area (Å²) in [4.78, 5) is 27.8. The number of amides is 2. The van der Waals surface area contributed by atoms with E-state index in [2.05, 4.69) is 5.32 Å². The Morgan fingerprint density at radius 1 is 1.24 bits per heavy atom. The fraction of sp³-hybridized carbons (Fsp3) is 0.481. The van der Waals surface area contributed by atoms with Gasteiger partial charge in [-0.2, -0.15) is 4.31 Å². The standard InChI is InChI=1S/C27H35N3O7S/c1-17-14-30(18(2)16-31)27(33)22-6-5-7-23(28-26(32)19-8-9-19)25(22)37-24(17)15-29(3)38(34,35)21-12-10-20(36-4)11-13-21/h5-7,10-13,17-19,24,31H,8-9,14-16H2,1-4H3,(H,28,32)/t17-,18+,24-/m0/s1. The molecule has 0 saturated heterocycles. The van der Waals surface area contributed by atoms with Gasteiger partial charge in [0.2, 0.25) is 15.9 Å². The van der Waals surface area contributed by atoms with Crippen molar-refractivity contribution in [3.63, 3.8) is 0 Å². The van der Waals surface area contributed by atoms with E-state index in [1.54, 1.807) is 42.2 Å². The summed E-state index contributed by atoms with van der Waals surface area (Å²) >= 11 is 0. The number of hydrogen-bond acceptors (Lipinski definition) is 7. The van der Waals surface area contributed by atoms with Gasteiger partial charge in [-0.25, -0.2) is 8.42 Å². The van der Waals surface area contributed by atoms with Crippen LogP contribution in [0.15, 0.2) is 47.4 Å². The molecule has 10 nitrogen and oxygen atoms in total. The van der Waals surface area contributed by atoms with Crippen molar-refractivity contribution in [3.8, 4) is 11.5 Å². The lowest BCUT2D eigenvalue weighted by molar-refractivity contribution is -0.117. The molecule has 2 aromatic rings. The summed E-state index contributed by atoms with van der Waals surface area (Å²) in [6.45, 7) is 3.64. The van der Waals surface area contributed by atoms with E-state index in [4.69, 9.17) is 9.47 Å². The highest BCUT2D eigenvalue weighted by atomic mass is 32.2. The summed E-state index contributed by atoms with van der Waals surface area (Å²) in [7, 11) is -0.866. The molecule has 1 aliphatic heterocycles. The molecular weight excluding hydrogens is 510 g/mol. The third kappa shape index (κ3) is 5.79. The fourth-order valence-electron chi connectivity index (χ4n) is 4.42. The smallest absolute Gasteiger partial charge is 0.258 e. The number of aliphatic hydroxyl groups is 1. The molecule has 2 amide bonds. The second kappa shape index (κ2) is 11.3. The fourth-order valence-corrected chi connectivity index (χ4v) is 5.60. The molecule has 206 valence electrons. The van der Waals surface area contributed by atoms with Crippen molar-refractivity contribution in [2.24, 2.45) is 11.8 Å². The van der Waals surface area contributed by atoms with Crippen molar-refractivity contribution >= 4 is 27.5 Å². The third-order valence-corrected chi connectivity index (χ3v) is 8.94. The maximum atomic E-state index is 13.6. The minimum atomic E-state index is -3.86. The molecule has 1 saturated carbocycles. The van der Waals surface area contributed by atoms with E-state index in [0.29, 0.717) is 11.4 Å². The van der Waals surface area contributed by atoms with Crippen LogP contribution >= 0.6 is 0 Å². The number of methoxy groups -OCH3 is 1. The first kappa shape index (κ1) is 27.9. The number of carbonyl (C=O) groups excluding carboxylic acids is 2. The van der Waals surface area contributed by atoms with Gasteiger partial charge in [-0.1, -0.05) is 13.0 Å². The van der Waals surface area contributed by atoms with Crippen molar-refractivity contribution in [1.29, 1.82) is 0 Å². The molecule has 2 N–H and O–H groups in total. The van der Waals surface area contributed by atoms with Crippen molar-refractivity contribution in [2.45, 2.75) is 43.7 Å². The lowest BCUT2D eigenvalue weighted by atomic mass is 9.99. The predicted octanol–water partition coefficient (Wildman–Crippen LogP) is 2.58. The second-order valence-corrected chi connectivity index (χ2v) is 12.1. The van der Waals surface area contributed by atoms with Crippen LogP contribution in [0.3, 0.4) is 0 Å². The number of rotatable bonds is 9. The number of benzene rings is 2. The minimum Gasteiger partial charge on any atom is -0.497 e. The van der Waals surface area contributed by atoms with Crippen LogP contribution in [-0.2, 0) is 14.8 Å². The zero-order valence-electron chi connectivity index (χ0n) is 22.1. The van der Waals surface area contributed by atoms with E-state index in [1.165, 1.54) is 30.6 Å². The molecule has 2 aromatic carbocycles. The van der Waals surface area contributed by atoms with E-state index in [-0.39, 0.29) is 59.6 Å². The minimum absolute atomic E-state index is 0.00455. The molecule has 38 heavy (non-hydrogen) atoms. The first-order valence-electron chi connectivity index (χ1n) is 12.7. The number of nitrogens with one attached hydrogen (secondary N) is 1. The normalized spacial score (nSPS) is 20.7. The summed E-state index contributed by atoms with van der Waals surface area (Å²) in [5.41, 5.74) is 0.612. The molecule has 4 rings (SSSR count). The Bertz CT molecular complexity index is 1280. The van der Waals surface area contributed by atoms with Gasteiger partial charge in [0.25, 0.3) is 5.91 Å². The Morgan fingerprint density at radius 2 is 1.92 bits per heavy atom. The molecule has 11 heteroatoms. The molecule has 0 spiro atoms. The monoisotopic (exact) mass is 545 g/mol. The predicted molar refractivity (Wildman–Crippen MR) is 142 cm³/mol. The Kier molecular flexibility index (Phi) is 8.29. The Morgan fingerprint density at radius 3 is 2.53 bits per heavy atom. The van der Waals surface area contributed by atoms with E-state index in [9.17, 15) is 23.1 Å². The van der Waals surface area contributed by atoms with Crippen LogP contribution in [-0.4, -0.2) is 80.5 Å². The van der Waals surface area contributed by atoms with Gasteiger partial charge >= 0.3 is 0 Å². The summed E-state index contributed by atoms with van der Waals surface area (Å²) in [5.74, 6) is -0.0788. The van der Waals surface area contributed by atoms with Gasteiger partial charge in [-0.3, -0.25) is 9.59 Å². The highest BCUT2D eigenvalue weighted by Gasteiger charge is 2.37. The van der Waals surface area contributed by atoms with Crippen LogP contribution in [0.1, 0.15) is 37.0 Å². The Hall–Kier alpha value is -3.15. The van der Waals surface area contributed by atoms with Crippen LogP contribution in [0.5, 0.6) is 11.5 Å². The molecule has 2 aliphatic rings. The molecule has 3 atom stereocenters. The molecule has 0 radical (unpaired) electrons. The van der Waals surface area contributed by atoms with Crippen LogP contribution in [0.25, 0.3) is 0 Å². The van der Waals surface area contributed by atoms with Gasteiger partial charge in [-0.15, -0.1) is 0 Å². The van der Waals surface area contributed by atoms with Gasteiger partial charge < -0.3 is 24.8 Å².